The largest absolute Gasteiger partial charge is 0.489 e. The van der Waals surface area contributed by atoms with Gasteiger partial charge in [-0.3, -0.25) is 0 Å². The van der Waals surface area contributed by atoms with E-state index in [4.69, 9.17) is 4.74 Å². The number of ether oxygens (including phenoxy) is 1. The summed E-state index contributed by atoms with van der Waals surface area (Å²) in [5.74, 6) is 1.05. The van der Waals surface area contributed by atoms with Gasteiger partial charge in [0.2, 0.25) is 0 Å². The van der Waals surface area contributed by atoms with Crippen molar-refractivity contribution < 1.29 is 4.74 Å². The SMILES string of the molecule is C[C@H](NCC1CCc2ccccc2O1)c1ccccc1. The van der Waals surface area contributed by atoms with Crippen molar-refractivity contribution in [3.8, 4) is 5.75 Å². The molecule has 2 atom stereocenters. The zero-order valence-electron chi connectivity index (χ0n) is 11.9. The fourth-order valence-electron chi connectivity index (χ4n) is 2.69. The molecule has 0 saturated heterocycles. The minimum atomic E-state index is 0.274. The van der Waals surface area contributed by atoms with E-state index in [2.05, 4.69) is 60.8 Å². The van der Waals surface area contributed by atoms with Gasteiger partial charge < -0.3 is 10.1 Å². The van der Waals surface area contributed by atoms with Gasteiger partial charge in [0.1, 0.15) is 11.9 Å². The highest BCUT2D eigenvalue weighted by molar-refractivity contribution is 5.35. The minimum absolute atomic E-state index is 0.274. The maximum Gasteiger partial charge on any atom is 0.122 e. The Morgan fingerprint density at radius 2 is 1.85 bits per heavy atom. The van der Waals surface area contributed by atoms with E-state index in [0.717, 1.165) is 25.1 Å². The van der Waals surface area contributed by atoms with Crippen LogP contribution in [-0.2, 0) is 6.42 Å². The average Bonchev–Trinajstić information content (AvgIpc) is 2.53. The fourth-order valence-corrected chi connectivity index (χ4v) is 2.69. The molecule has 0 radical (unpaired) electrons. The van der Waals surface area contributed by atoms with Crippen molar-refractivity contribution in [1.29, 1.82) is 0 Å². The highest BCUT2D eigenvalue weighted by Gasteiger charge is 2.19. The topological polar surface area (TPSA) is 21.3 Å². The normalized spacial score (nSPS) is 18.9. The van der Waals surface area contributed by atoms with Gasteiger partial charge in [-0.05, 0) is 37.0 Å². The Balaban J connectivity index is 1.55. The third-order valence-corrected chi connectivity index (χ3v) is 3.95. The van der Waals surface area contributed by atoms with E-state index in [9.17, 15) is 0 Å². The maximum absolute atomic E-state index is 6.06. The van der Waals surface area contributed by atoms with Crippen LogP contribution in [0.15, 0.2) is 54.6 Å². The molecular formula is C18H21NO. The molecule has 0 fully saturated rings. The number of hydrogen-bond donors (Lipinski definition) is 1. The molecule has 1 N–H and O–H groups in total. The molecule has 0 aromatic heterocycles. The molecule has 1 unspecified atom stereocenters. The number of aryl methyl sites for hydroxylation is 1. The first-order valence-corrected chi connectivity index (χ1v) is 7.36. The van der Waals surface area contributed by atoms with Gasteiger partial charge in [0, 0.05) is 12.6 Å². The van der Waals surface area contributed by atoms with Crippen molar-refractivity contribution in [1.82, 2.24) is 5.32 Å². The third kappa shape index (κ3) is 3.02. The first-order valence-electron chi connectivity index (χ1n) is 7.36. The van der Waals surface area contributed by atoms with Gasteiger partial charge in [-0.15, -0.1) is 0 Å². The van der Waals surface area contributed by atoms with Crippen LogP contribution in [0.1, 0.15) is 30.5 Å². The number of benzene rings is 2. The van der Waals surface area contributed by atoms with Gasteiger partial charge in [-0.2, -0.15) is 0 Å². The molecule has 0 spiro atoms. The van der Waals surface area contributed by atoms with Crippen molar-refractivity contribution in [3.05, 3.63) is 65.7 Å². The van der Waals surface area contributed by atoms with Crippen LogP contribution in [0.4, 0.5) is 0 Å². The molecule has 1 aliphatic rings. The first kappa shape index (κ1) is 13.2. The summed E-state index contributed by atoms with van der Waals surface area (Å²) in [6.07, 6.45) is 2.48. The van der Waals surface area contributed by atoms with Crippen molar-refractivity contribution >= 4 is 0 Å². The van der Waals surface area contributed by atoms with Gasteiger partial charge in [-0.1, -0.05) is 48.5 Å². The molecule has 2 aromatic rings. The van der Waals surface area contributed by atoms with Crippen LogP contribution in [0, 0.1) is 0 Å². The van der Waals surface area contributed by atoms with Crippen LogP contribution in [0.25, 0.3) is 0 Å². The Bertz CT molecular complexity index is 552. The second-order valence-corrected chi connectivity index (χ2v) is 5.43. The van der Waals surface area contributed by atoms with E-state index in [1.807, 2.05) is 6.07 Å². The van der Waals surface area contributed by atoms with E-state index >= 15 is 0 Å². The Labute approximate surface area is 120 Å². The van der Waals surface area contributed by atoms with Gasteiger partial charge >= 0.3 is 0 Å². The van der Waals surface area contributed by atoms with Crippen molar-refractivity contribution in [2.24, 2.45) is 0 Å². The lowest BCUT2D eigenvalue weighted by molar-refractivity contribution is 0.167. The second kappa shape index (κ2) is 6.10. The Kier molecular flexibility index (Phi) is 4.03. The molecule has 3 rings (SSSR count). The zero-order valence-corrected chi connectivity index (χ0v) is 11.9. The molecule has 2 aromatic carbocycles. The molecule has 0 saturated carbocycles. The van der Waals surface area contributed by atoms with Crippen LogP contribution < -0.4 is 10.1 Å². The summed E-state index contributed by atoms with van der Waals surface area (Å²) in [5, 5.41) is 3.57. The van der Waals surface area contributed by atoms with Crippen LogP contribution in [0.5, 0.6) is 5.75 Å². The summed E-state index contributed by atoms with van der Waals surface area (Å²) in [4.78, 5) is 0. The third-order valence-electron chi connectivity index (χ3n) is 3.95. The predicted octanol–water partition coefficient (Wildman–Crippen LogP) is 3.73. The molecule has 1 heterocycles. The molecule has 0 aliphatic carbocycles. The van der Waals surface area contributed by atoms with Crippen molar-refractivity contribution in [3.63, 3.8) is 0 Å². The Morgan fingerprint density at radius 1 is 1.10 bits per heavy atom. The number of fused-ring (bicyclic) bond motifs is 1. The first-order chi connectivity index (χ1) is 9.83. The lowest BCUT2D eigenvalue weighted by Gasteiger charge is -2.27. The molecule has 2 nitrogen and oxygen atoms in total. The molecule has 0 amide bonds. The number of para-hydroxylation sites is 1. The maximum atomic E-state index is 6.06. The van der Waals surface area contributed by atoms with E-state index < -0.39 is 0 Å². The van der Waals surface area contributed by atoms with Crippen LogP contribution in [0.2, 0.25) is 0 Å². The smallest absolute Gasteiger partial charge is 0.122 e. The highest BCUT2D eigenvalue weighted by atomic mass is 16.5. The van der Waals surface area contributed by atoms with Crippen LogP contribution >= 0.6 is 0 Å². The zero-order chi connectivity index (χ0) is 13.8. The van der Waals surface area contributed by atoms with E-state index in [0.29, 0.717) is 6.04 Å². The number of hydrogen-bond acceptors (Lipinski definition) is 2. The van der Waals surface area contributed by atoms with E-state index in [1.54, 1.807) is 0 Å². The van der Waals surface area contributed by atoms with Crippen molar-refractivity contribution in [2.75, 3.05) is 6.54 Å². The van der Waals surface area contributed by atoms with E-state index in [-0.39, 0.29) is 6.10 Å². The second-order valence-electron chi connectivity index (χ2n) is 5.43. The summed E-state index contributed by atoms with van der Waals surface area (Å²) >= 11 is 0. The summed E-state index contributed by atoms with van der Waals surface area (Å²) < 4.78 is 6.06. The van der Waals surface area contributed by atoms with Gasteiger partial charge in [0.05, 0.1) is 0 Å². The van der Waals surface area contributed by atoms with Gasteiger partial charge in [-0.25, -0.2) is 0 Å². The van der Waals surface area contributed by atoms with Crippen molar-refractivity contribution in [2.45, 2.75) is 31.9 Å². The summed E-state index contributed by atoms with van der Waals surface area (Å²) in [6, 6.07) is 19.3. The van der Waals surface area contributed by atoms with Gasteiger partial charge in [0.25, 0.3) is 0 Å². The summed E-state index contributed by atoms with van der Waals surface area (Å²) in [6.45, 7) is 3.09. The Morgan fingerprint density at radius 3 is 2.70 bits per heavy atom. The quantitative estimate of drug-likeness (QED) is 0.911. The Hall–Kier alpha value is -1.80. The van der Waals surface area contributed by atoms with Gasteiger partial charge in [0.15, 0.2) is 0 Å². The molecular weight excluding hydrogens is 246 g/mol. The predicted molar refractivity (Wildman–Crippen MR) is 82.0 cm³/mol. The standard InChI is InChI=1S/C18H21NO/c1-14(15-7-3-2-4-8-15)19-13-17-12-11-16-9-5-6-10-18(16)20-17/h2-10,14,17,19H,11-13H2,1H3/t14-,17?/m0/s1. The molecule has 0 bridgehead atoms. The lowest BCUT2D eigenvalue weighted by atomic mass is 10.0. The molecule has 104 valence electrons. The number of nitrogens with one attached hydrogen (secondary N) is 1. The average molecular weight is 267 g/mol. The summed E-state index contributed by atoms with van der Waals surface area (Å²) in [7, 11) is 0. The van der Waals surface area contributed by atoms with Crippen LogP contribution in [0.3, 0.4) is 0 Å². The number of rotatable bonds is 4. The minimum Gasteiger partial charge on any atom is -0.489 e. The lowest BCUT2D eigenvalue weighted by Crippen LogP contribution is -2.35. The highest BCUT2D eigenvalue weighted by Crippen LogP contribution is 2.27. The van der Waals surface area contributed by atoms with Crippen LogP contribution in [-0.4, -0.2) is 12.6 Å². The molecule has 2 heteroatoms. The summed E-state index contributed by atoms with van der Waals surface area (Å²) in [5.41, 5.74) is 2.66. The van der Waals surface area contributed by atoms with E-state index in [1.165, 1.54) is 11.1 Å². The molecule has 1 aliphatic heterocycles. The monoisotopic (exact) mass is 267 g/mol. The molecule has 20 heavy (non-hydrogen) atoms. The fraction of sp³-hybridized carbons (Fsp3) is 0.333.